The van der Waals surface area contributed by atoms with Crippen molar-refractivity contribution in [2.75, 3.05) is 92.8 Å². The second-order valence-corrected chi connectivity index (χ2v) is 37.2. The summed E-state index contributed by atoms with van der Waals surface area (Å²) in [6, 6.07) is 26.0. The third-order valence-corrected chi connectivity index (χ3v) is 29.7. The van der Waals surface area contributed by atoms with Crippen LogP contribution in [0.2, 0.25) is 5.15 Å². The van der Waals surface area contributed by atoms with Gasteiger partial charge in [-0.15, -0.1) is 12.4 Å². The first-order valence-corrected chi connectivity index (χ1v) is 41.9. The van der Waals surface area contributed by atoms with E-state index in [1.807, 2.05) is 159 Å². The van der Waals surface area contributed by atoms with Crippen LogP contribution in [0.25, 0.3) is 0 Å². The molecule has 25 nitrogen and oxygen atoms in total. The quantitative estimate of drug-likeness (QED) is 0.0203. The first kappa shape index (κ1) is 99.7. The lowest BCUT2D eigenvalue weighted by Gasteiger charge is -2.68. The van der Waals surface area contributed by atoms with Gasteiger partial charge in [0.2, 0.25) is 6.10 Å². The maximum atomic E-state index is 14.5. The summed E-state index contributed by atoms with van der Waals surface area (Å²) in [5, 5.41) is 99.7. The minimum atomic E-state index is -1.64. The smallest absolute Gasteiger partial charge is 0.348 e. The Morgan fingerprint density at radius 1 is 0.619 bits per heavy atom. The molecule has 4 bridgehead atoms. The highest BCUT2D eigenvalue weighted by atomic mass is 127. The third-order valence-electron chi connectivity index (χ3n) is 29.3. The molecule has 2 unspecified atom stereocenters. The number of fused-ring (bicyclic) bond motifs is 10. The van der Waals surface area contributed by atoms with Gasteiger partial charge in [0.1, 0.15) is 31.5 Å². The van der Waals surface area contributed by atoms with Gasteiger partial charge < -0.3 is 108 Å². The lowest BCUT2D eigenvalue weighted by molar-refractivity contribution is -0.669. The molecule has 0 spiro atoms. The van der Waals surface area contributed by atoms with Crippen LogP contribution in [0.4, 0.5) is 0 Å². The normalized spacial score (nSPS) is 34.9. The molecule has 5 heterocycles. The maximum Gasteiger partial charge on any atom is 0.348 e. The number of esters is 3. The zero-order valence-corrected chi connectivity index (χ0v) is 76.1. The summed E-state index contributed by atoms with van der Waals surface area (Å²) in [4.78, 5) is 89.2. The van der Waals surface area contributed by atoms with E-state index in [1.54, 1.807) is 40.7 Å². The van der Waals surface area contributed by atoms with Crippen LogP contribution in [0.1, 0.15) is 178 Å². The van der Waals surface area contributed by atoms with Crippen LogP contribution >= 0.6 is 24.0 Å². The van der Waals surface area contributed by atoms with Gasteiger partial charge in [0.25, 0.3) is 5.15 Å². The van der Waals surface area contributed by atoms with Gasteiger partial charge >= 0.3 is 23.9 Å². The summed E-state index contributed by atoms with van der Waals surface area (Å²) in [7, 11) is 6.12. The van der Waals surface area contributed by atoms with Crippen LogP contribution in [0.5, 0.6) is 0 Å². The zero-order valence-electron chi connectivity index (χ0n) is 72.4. The van der Waals surface area contributed by atoms with Crippen molar-refractivity contribution >= 4 is 59.5 Å². The monoisotopic (exact) mass is 1800 g/mol. The van der Waals surface area contributed by atoms with E-state index in [9.17, 15) is 64.5 Å². The van der Waals surface area contributed by atoms with Crippen molar-refractivity contribution < 1.29 is 122 Å². The number of nitrogens with zero attached hydrogens (tertiary/aromatic N) is 6. The topological polar surface area (TPSA) is 351 Å². The SMILES string of the molecule is CC#N.CC1=C2[C@@H](O)C(=O)[C@@]3(C)C([C@H](C)[C@](O)(C[C@@H]1OC(=O)[C@H](O)[C@@H](C)c1ccccc1)C2(C)C)[C@]1(C)CO[C@@H]1C[C@@H]3O.CC1=C2[C@@H](O)C(=O)[C@@]3(C)C([C@H](C)[C@](O)(C[C@@H]1OC(=O)[C@H](OC(=O)CCCN1CCN(C)CC1)[C@@H](C)c1ccccc1)C2(C)C)[C@]1(C)CO[C@@H]1C[C@@H]3O.CN1CCN(CCCC(=O)O)CC1.C[n+]1ccccc1Cl.Cl.[I-]. The molecule has 2 aromatic carbocycles. The molecule has 4 saturated heterocycles. The molecule has 13 rings (SSSR count). The van der Waals surface area contributed by atoms with Gasteiger partial charge in [0.15, 0.2) is 23.9 Å². The highest BCUT2D eigenvalue weighted by Gasteiger charge is 2.75. The molecule has 4 saturated carbocycles. The number of carboxylic acid groups (broad SMARTS) is 1. The molecule has 8 N–H and O–H groups in total. The number of aromatic nitrogens is 1. The second-order valence-electron chi connectivity index (χ2n) is 36.8. The molecular weight excluding hydrogens is 1670 g/mol. The molecular formula is C90H133Cl2IN6O19. The summed E-state index contributed by atoms with van der Waals surface area (Å²) in [6.45, 7) is 37.7. The van der Waals surface area contributed by atoms with Crippen LogP contribution < -0.4 is 28.5 Å². The van der Waals surface area contributed by atoms with E-state index < -0.39 is 163 Å². The number of nitriles is 1. The van der Waals surface area contributed by atoms with Crippen molar-refractivity contribution in [3.05, 3.63) is 124 Å². The predicted octanol–water partition coefficient (Wildman–Crippen LogP) is 5.62. The van der Waals surface area contributed by atoms with Crippen molar-refractivity contribution in [1.29, 1.82) is 5.26 Å². The summed E-state index contributed by atoms with van der Waals surface area (Å²) in [5.74, 6) is -6.96. The van der Waals surface area contributed by atoms with Gasteiger partial charge in [-0.2, -0.15) is 9.83 Å². The van der Waals surface area contributed by atoms with Crippen LogP contribution in [0, 0.1) is 67.5 Å². The van der Waals surface area contributed by atoms with Crippen LogP contribution in [0.3, 0.4) is 0 Å². The minimum Gasteiger partial charge on any atom is -1.00 e. The van der Waals surface area contributed by atoms with Crippen LogP contribution in [0.15, 0.2) is 107 Å². The Hall–Kier alpha value is -5.43. The van der Waals surface area contributed by atoms with E-state index >= 15 is 0 Å². The molecule has 658 valence electrons. The van der Waals surface area contributed by atoms with Crippen molar-refractivity contribution in [1.82, 2.24) is 19.6 Å². The minimum absolute atomic E-state index is 0. The highest BCUT2D eigenvalue weighted by Crippen LogP contribution is 2.69. The van der Waals surface area contributed by atoms with Crippen molar-refractivity contribution in [2.45, 2.75) is 239 Å². The Labute approximate surface area is 726 Å². The number of likely N-dealkylation sites (N-methyl/N-ethyl adjacent to an activating group) is 2. The Kier molecular flexibility index (Phi) is 33.8. The molecule has 3 aromatic rings. The van der Waals surface area contributed by atoms with Crippen molar-refractivity contribution in [3.8, 4) is 6.07 Å². The molecule has 4 aliphatic heterocycles. The van der Waals surface area contributed by atoms with Crippen molar-refractivity contribution in [3.63, 3.8) is 0 Å². The van der Waals surface area contributed by atoms with Crippen molar-refractivity contribution in [2.24, 2.45) is 63.2 Å². The standard InChI is InChI=1S/C41H60N2O9.C32H44O8.C9H18N2O2.C6H7ClN.C2H3N.ClH.HI/c1-24(27-13-10-9-11-14-27)34(52-31(45)15-12-16-43-19-17-42(8)18-20-43)37(48)51-28-22-41(49)26(3)35-39(6)23-50-30(39)21-29(44)40(35,7)36(47)33(46)32(25(28)2)38(41,4)5;1-16(19-11-9-8-10-12-19)24(34)28(37)40-20-14-32(38)18(3)26-30(6)15-39-22(30)13-21(33)31(26,7)27(36)25(35)23(17(20)2)29(32,4)5;1-10-5-7-11(8-6-10)4-2-3-9(12)13;1-8-5-3-2-4-6(8)7;1-2-3;;/h9-11,13-14,24,26,28-30,33-35,44,46,49H,12,15-23H2,1-8H3;8-12,16,18,20-22,24-26,33-35,38H,13-15H2,1-7H3;2-8H2,1H3,(H,12,13);2-5H,1H3;1H3;2*1H/q;;;+1;;;/p-1/t24-,26-,28-,29-,30+,33+,34+,35?,39+,40+,41+;16-,18-,20-,21-,22+,24+,25+,26?,30+,31+,32+;;;;;/m00...../s1. The van der Waals surface area contributed by atoms with Gasteiger partial charge in [0, 0.05) is 143 Å². The van der Waals surface area contributed by atoms with Gasteiger partial charge in [-0.3, -0.25) is 19.2 Å². The fraction of sp³-hybridized carbons (Fsp3) is 0.689. The zero-order chi connectivity index (χ0) is 85.9. The van der Waals surface area contributed by atoms with Gasteiger partial charge in [0.05, 0.1) is 65.7 Å². The van der Waals surface area contributed by atoms with Crippen LogP contribution in [-0.2, 0) is 59.5 Å². The van der Waals surface area contributed by atoms with E-state index in [2.05, 4.69) is 33.7 Å². The van der Waals surface area contributed by atoms with E-state index in [0.29, 0.717) is 48.3 Å². The number of aryl methyl sites for hydroxylation is 1. The van der Waals surface area contributed by atoms with E-state index in [4.69, 9.17) is 45.7 Å². The maximum absolute atomic E-state index is 14.5. The number of aliphatic hydroxyl groups excluding tert-OH is 5. The molecule has 22 atom stereocenters. The molecule has 28 heteroatoms. The number of carbonyl (C=O) groups is 6. The number of carbonyl (C=O) groups excluding carboxylic acids is 5. The lowest BCUT2D eigenvalue weighted by Crippen LogP contribution is -3.00. The number of aliphatic hydroxyl groups is 7. The number of rotatable bonds is 17. The number of aliphatic carboxylic acids is 1. The Balaban J connectivity index is 0.000000254. The molecule has 10 aliphatic rings. The number of piperazine rings is 2. The lowest BCUT2D eigenvalue weighted by atomic mass is 9.40. The number of ether oxygens (including phenoxy) is 5. The van der Waals surface area contributed by atoms with Gasteiger partial charge in [-0.1, -0.05) is 130 Å². The first-order chi connectivity index (χ1) is 54.3. The number of carboxylic acids is 1. The summed E-state index contributed by atoms with van der Waals surface area (Å²) >= 11 is 5.67. The van der Waals surface area contributed by atoms with E-state index in [0.717, 1.165) is 88.1 Å². The molecule has 1 aromatic heterocycles. The second kappa shape index (κ2) is 40.0. The summed E-state index contributed by atoms with van der Waals surface area (Å²) < 4.78 is 31.7. The number of ketones is 2. The molecule has 6 aliphatic carbocycles. The number of hydrogen-bond acceptors (Lipinski definition) is 23. The fourth-order valence-corrected chi connectivity index (χ4v) is 21.9. The van der Waals surface area contributed by atoms with E-state index in [-0.39, 0.29) is 80.7 Å². The number of benzene rings is 2. The predicted molar refractivity (Wildman–Crippen MR) is 443 cm³/mol. The molecule has 118 heavy (non-hydrogen) atoms. The Morgan fingerprint density at radius 2 is 0.992 bits per heavy atom. The first-order valence-electron chi connectivity index (χ1n) is 41.6. The summed E-state index contributed by atoms with van der Waals surface area (Å²) in [5.41, 5.74) is -5.75. The number of Topliss-reactive ketones (excluding diaryl/α,β-unsaturated/α-hetero) is 2. The largest absolute Gasteiger partial charge is 1.00 e. The third kappa shape index (κ3) is 19.4. The number of pyridine rings is 1. The molecule has 8 fully saturated rings. The van der Waals surface area contributed by atoms with Gasteiger partial charge in [-0.05, 0) is 142 Å². The number of halogens is 3. The highest BCUT2D eigenvalue weighted by molar-refractivity contribution is 6.28. The number of hydrogen-bond donors (Lipinski definition) is 8. The Bertz CT molecular complexity index is 4060. The molecule has 0 amide bonds. The Morgan fingerprint density at radius 3 is 1.35 bits per heavy atom. The average molecular weight is 1800 g/mol. The average Bonchev–Trinajstić information content (AvgIpc) is 0.679. The van der Waals surface area contributed by atoms with Gasteiger partial charge in [-0.25, -0.2) is 9.59 Å². The van der Waals surface area contributed by atoms with Crippen LogP contribution in [-0.4, -0.2) is 261 Å². The fourth-order valence-electron chi connectivity index (χ4n) is 21.7. The van der Waals surface area contributed by atoms with E-state index in [1.165, 1.54) is 6.92 Å². The summed E-state index contributed by atoms with van der Waals surface area (Å²) in [6.07, 6.45) is -6.28. The molecule has 0 radical (unpaired) electrons.